The molecule has 4 aromatic rings. The number of carbonyl (C=O) groups excluding carboxylic acids is 1. The first-order valence-corrected chi connectivity index (χ1v) is 11.9. The van der Waals surface area contributed by atoms with Gasteiger partial charge in [0.05, 0.1) is 6.42 Å². The third kappa shape index (κ3) is 6.68. The average Bonchev–Trinajstić information content (AvgIpc) is 3.23. The molecule has 1 heterocycles. The molecule has 190 valence electrons. The van der Waals surface area contributed by atoms with Crippen molar-refractivity contribution in [1.29, 1.82) is 0 Å². The van der Waals surface area contributed by atoms with Crippen molar-refractivity contribution in [3.8, 4) is 17.0 Å². The van der Waals surface area contributed by atoms with Crippen LogP contribution >= 0.6 is 11.6 Å². The molecule has 1 atom stereocenters. The van der Waals surface area contributed by atoms with Crippen molar-refractivity contribution in [2.24, 2.45) is 0 Å². The van der Waals surface area contributed by atoms with E-state index in [9.17, 15) is 9.59 Å². The molecule has 9 heteroatoms. The summed E-state index contributed by atoms with van der Waals surface area (Å²) < 4.78 is 16.6. The highest BCUT2D eigenvalue weighted by atomic mass is 35.5. The summed E-state index contributed by atoms with van der Waals surface area (Å²) in [6.45, 7) is 3.77. The second kappa shape index (κ2) is 11.6. The van der Waals surface area contributed by atoms with Gasteiger partial charge >= 0.3 is 12.1 Å². The largest absolute Gasteiger partial charge is 0.489 e. The zero-order chi connectivity index (χ0) is 26.4. The van der Waals surface area contributed by atoms with E-state index in [1.807, 2.05) is 36.4 Å². The van der Waals surface area contributed by atoms with E-state index in [0.717, 1.165) is 11.1 Å². The number of nitrogens with one attached hydrogen (secondary N) is 1. The van der Waals surface area contributed by atoms with Crippen molar-refractivity contribution < 1.29 is 28.7 Å². The second-order valence-corrected chi connectivity index (χ2v) is 8.76. The average molecular weight is 521 g/mol. The highest BCUT2D eigenvalue weighted by Crippen LogP contribution is 2.31. The fraction of sp³-hybridized carbons (Fsp3) is 0.179. The van der Waals surface area contributed by atoms with Crippen LogP contribution in [-0.4, -0.2) is 22.3 Å². The van der Waals surface area contributed by atoms with E-state index >= 15 is 0 Å². The fourth-order valence-corrected chi connectivity index (χ4v) is 3.97. The quantitative estimate of drug-likeness (QED) is 0.249. The molecule has 0 aliphatic rings. The Morgan fingerprint density at radius 1 is 1.03 bits per heavy atom. The number of carboxylic acid groups (broad SMARTS) is 1. The number of rotatable bonds is 9. The number of nitrogens with zero attached hydrogens (tertiary/aromatic N) is 1. The number of ether oxygens (including phenoxy) is 2. The topological polar surface area (TPSA) is 111 Å². The molecule has 0 radical (unpaired) electrons. The number of aliphatic carboxylic acids is 1. The summed E-state index contributed by atoms with van der Waals surface area (Å²) in [5.74, 6) is 0.204. The number of carboxylic acids is 1. The number of hydrogen-bond donors (Lipinski definition) is 2. The maximum Gasteiger partial charge on any atom is 0.412 e. The van der Waals surface area contributed by atoms with Crippen LogP contribution in [-0.2, 0) is 22.6 Å². The Balaban J connectivity index is 1.38. The number of hydrogen-bond acceptors (Lipinski definition) is 6. The molecule has 0 spiro atoms. The highest BCUT2D eigenvalue weighted by Gasteiger charge is 2.20. The molecule has 2 N–H and O–H groups in total. The number of aromatic nitrogens is 1. The van der Waals surface area contributed by atoms with E-state index in [1.54, 1.807) is 50.2 Å². The molecule has 0 aliphatic heterocycles. The summed E-state index contributed by atoms with van der Waals surface area (Å²) in [5, 5.41) is 16.2. The van der Waals surface area contributed by atoms with Gasteiger partial charge in [0.1, 0.15) is 29.8 Å². The monoisotopic (exact) mass is 520 g/mol. The lowest BCUT2D eigenvalue weighted by atomic mass is 10.1. The molecule has 0 unspecified atom stereocenters. The molecule has 1 aromatic heterocycles. The predicted octanol–water partition coefficient (Wildman–Crippen LogP) is 6.82. The molecule has 0 saturated heterocycles. The normalized spacial score (nSPS) is 11.5. The molecule has 1 amide bonds. The lowest BCUT2D eigenvalue weighted by Gasteiger charge is -2.15. The zero-order valence-corrected chi connectivity index (χ0v) is 21.0. The summed E-state index contributed by atoms with van der Waals surface area (Å²) in [4.78, 5) is 23.4. The summed E-state index contributed by atoms with van der Waals surface area (Å²) in [6, 6.07) is 21.6. The summed E-state index contributed by atoms with van der Waals surface area (Å²) in [7, 11) is 0. The molecule has 3 aromatic carbocycles. The number of halogens is 1. The molecular weight excluding hydrogens is 496 g/mol. The number of carbonyl (C=O) groups is 2. The van der Waals surface area contributed by atoms with E-state index < -0.39 is 18.2 Å². The van der Waals surface area contributed by atoms with Gasteiger partial charge in [0.15, 0.2) is 5.76 Å². The summed E-state index contributed by atoms with van der Waals surface area (Å²) in [6.07, 6.45) is -1.23. The van der Waals surface area contributed by atoms with E-state index in [0.29, 0.717) is 45.6 Å². The van der Waals surface area contributed by atoms with Crippen molar-refractivity contribution in [2.45, 2.75) is 33.0 Å². The Bertz CT molecular complexity index is 1380. The Hall–Kier alpha value is -4.30. The smallest absolute Gasteiger partial charge is 0.412 e. The Kier molecular flexibility index (Phi) is 8.10. The lowest BCUT2D eigenvalue weighted by Crippen LogP contribution is -2.17. The number of amides is 1. The first-order valence-electron chi connectivity index (χ1n) is 11.5. The SMILES string of the molecule is Cc1onc(-c2ccc(COc3ccc(CC(=O)O)cc3)cc2)c1NC(=O)O[C@H](C)c1ccccc1Cl. The molecule has 0 saturated carbocycles. The molecular formula is C28H25ClN2O6. The van der Waals surface area contributed by atoms with Crippen molar-refractivity contribution >= 4 is 29.4 Å². The number of anilines is 1. The molecule has 4 rings (SSSR count). The minimum atomic E-state index is -0.877. The van der Waals surface area contributed by atoms with Crippen LogP contribution in [0.5, 0.6) is 5.75 Å². The van der Waals surface area contributed by atoms with Gasteiger partial charge in [0.25, 0.3) is 0 Å². The third-order valence-corrected chi connectivity index (χ3v) is 5.97. The van der Waals surface area contributed by atoms with Gasteiger partial charge in [0, 0.05) is 16.1 Å². The molecule has 37 heavy (non-hydrogen) atoms. The Morgan fingerprint density at radius 3 is 2.38 bits per heavy atom. The van der Waals surface area contributed by atoms with Crippen LogP contribution < -0.4 is 10.1 Å². The van der Waals surface area contributed by atoms with E-state index in [1.165, 1.54) is 0 Å². The van der Waals surface area contributed by atoms with Crippen LogP contribution in [0.25, 0.3) is 11.3 Å². The summed E-state index contributed by atoms with van der Waals surface area (Å²) in [5.41, 5.74) is 3.96. The van der Waals surface area contributed by atoms with Crippen LogP contribution in [0.1, 0.15) is 35.5 Å². The lowest BCUT2D eigenvalue weighted by molar-refractivity contribution is -0.136. The molecule has 0 fully saturated rings. The predicted molar refractivity (Wildman–Crippen MR) is 139 cm³/mol. The van der Waals surface area contributed by atoms with E-state index in [4.69, 9.17) is 30.7 Å². The fourth-order valence-electron chi connectivity index (χ4n) is 3.68. The van der Waals surface area contributed by atoms with Gasteiger partial charge in [-0.3, -0.25) is 10.1 Å². The van der Waals surface area contributed by atoms with Crippen molar-refractivity contribution in [3.05, 3.63) is 100 Å². The van der Waals surface area contributed by atoms with Gasteiger partial charge in [0.2, 0.25) is 0 Å². The van der Waals surface area contributed by atoms with Crippen LogP contribution in [0, 0.1) is 6.92 Å². The van der Waals surface area contributed by atoms with Gasteiger partial charge in [-0.15, -0.1) is 0 Å². The van der Waals surface area contributed by atoms with Gasteiger partial charge in [-0.1, -0.05) is 71.4 Å². The van der Waals surface area contributed by atoms with Crippen molar-refractivity contribution in [3.63, 3.8) is 0 Å². The molecule has 8 nitrogen and oxygen atoms in total. The van der Waals surface area contributed by atoms with Gasteiger partial charge < -0.3 is 19.1 Å². The van der Waals surface area contributed by atoms with Gasteiger partial charge in [-0.2, -0.15) is 0 Å². The van der Waals surface area contributed by atoms with E-state index in [-0.39, 0.29) is 6.42 Å². The Morgan fingerprint density at radius 2 is 1.70 bits per heavy atom. The van der Waals surface area contributed by atoms with Gasteiger partial charge in [-0.05, 0) is 43.2 Å². The van der Waals surface area contributed by atoms with Crippen LogP contribution in [0.2, 0.25) is 5.02 Å². The van der Waals surface area contributed by atoms with Crippen LogP contribution in [0.4, 0.5) is 10.5 Å². The first-order chi connectivity index (χ1) is 17.8. The minimum absolute atomic E-state index is 0.0295. The third-order valence-electron chi connectivity index (χ3n) is 5.63. The van der Waals surface area contributed by atoms with Gasteiger partial charge in [-0.25, -0.2) is 4.79 Å². The Labute approximate surface area is 218 Å². The van der Waals surface area contributed by atoms with E-state index in [2.05, 4.69) is 10.5 Å². The maximum atomic E-state index is 12.6. The standard InChI is InChI=1S/C28H25ClN2O6/c1-17(23-5-3-4-6-24(23)29)36-28(34)30-26-18(2)37-31-27(26)21-11-7-20(8-12-21)16-35-22-13-9-19(10-14-22)15-25(32)33/h3-14,17H,15-16H2,1-2H3,(H,30,34)(H,32,33)/t17-/m1/s1. The summed E-state index contributed by atoms with van der Waals surface area (Å²) >= 11 is 6.20. The van der Waals surface area contributed by atoms with Crippen LogP contribution in [0.15, 0.2) is 77.3 Å². The zero-order valence-electron chi connectivity index (χ0n) is 20.2. The number of aryl methyl sites for hydroxylation is 1. The molecule has 0 aliphatic carbocycles. The first kappa shape index (κ1) is 25.8. The van der Waals surface area contributed by atoms with Crippen LogP contribution in [0.3, 0.4) is 0 Å². The van der Waals surface area contributed by atoms with Crippen molar-refractivity contribution in [1.82, 2.24) is 5.16 Å². The van der Waals surface area contributed by atoms with Crippen molar-refractivity contribution in [2.75, 3.05) is 5.32 Å². The molecule has 0 bridgehead atoms. The highest BCUT2D eigenvalue weighted by molar-refractivity contribution is 6.31. The second-order valence-electron chi connectivity index (χ2n) is 8.36. The number of benzene rings is 3. The maximum absolute atomic E-state index is 12.6. The minimum Gasteiger partial charge on any atom is -0.489 e.